The lowest BCUT2D eigenvalue weighted by molar-refractivity contribution is -0.155. The molecule has 0 aromatic carbocycles. The lowest BCUT2D eigenvalue weighted by atomic mass is 9.85. The minimum Gasteiger partial charge on any atom is -0.335 e. The Morgan fingerprint density at radius 1 is 1.29 bits per heavy atom. The fourth-order valence-electron chi connectivity index (χ4n) is 3.72. The number of nitrogens with zero attached hydrogens (tertiary/aromatic N) is 3. The number of hydrogen-bond donors (Lipinski definition) is 0. The second kappa shape index (κ2) is 5.47. The number of carbonyl (C=O) groups is 2. The van der Waals surface area contributed by atoms with Crippen molar-refractivity contribution in [1.29, 1.82) is 0 Å². The molecule has 5 heteroatoms. The maximum absolute atomic E-state index is 13.0. The summed E-state index contributed by atoms with van der Waals surface area (Å²) in [5.41, 5.74) is 0.314. The van der Waals surface area contributed by atoms with Crippen LogP contribution in [0.5, 0.6) is 0 Å². The SMILES string of the molecule is CC(=O)N1CCCC12CCCN(Cc1ccccn1)C2=O. The third-order valence-corrected chi connectivity index (χ3v) is 4.65. The smallest absolute Gasteiger partial charge is 0.248 e. The lowest BCUT2D eigenvalue weighted by Gasteiger charge is -2.44. The van der Waals surface area contributed by atoms with Gasteiger partial charge in [0.15, 0.2) is 0 Å². The van der Waals surface area contributed by atoms with E-state index in [9.17, 15) is 9.59 Å². The number of piperidine rings is 1. The molecule has 2 saturated heterocycles. The van der Waals surface area contributed by atoms with E-state index in [1.807, 2.05) is 23.1 Å². The molecule has 1 aromatic rings. The molecule has 5 nitrogen and oxygen atoms in total. The number of pyridine rings is 1. The molecule has 0 aliphatic carbocycles. The van der Waals surface area contributed by atoms with Gasteiger partial charge in [-0.15, -0.1) is 0 Å². The molecule has 112 valence electrons. The van der Waals surface area contributed by atoms with E-state index in [0.717, 1.165) is 37.9 Å². The van der Waals surface area contributed by atoms with Crippen molar-refractivity contribution in [2.45, 2.75) is 44.7 Å². The summed E-state index contributed by atoms with van der Waals surface area (Å²) >= 11 is 0. The van der Waals surface area contributed by atoms with Gasteiger partial charge in [-0.2, -0.15) is 0 Å². The Labute approximate surface area is 124 Å². The second-order valence-electron chi connectivity index (χ2n) is 5.96. The number of likely N-dealkylation sites (tertiary alicyclic amines) is 2. The first-order chi connectivity index (χ1) is 10.1. The van der Waals surface area contributed by atoms with Crippen LogP contribution in [-0.2, 0) is 16.1 Å². The number of carbonyl (C=O) groups excluding carboxylic acids is 2. The van der Waals surface area contributed by atoms with Crippen LogP contribution in [0.2, 0.25) is 0 Å². The van der Waals surface area contributed by atoms with Crippen LogP contribution in [0.3, 0.4) is 0 Å². The van der Waals surface area contributed by atoms with Crippen LogP contribution >= 0.6 is 0 Å². The van der Waals surface area contributed by atoms with Gasteiger partial charge in [-0.25, -0.2) is 0 Å². The van der Waals surface area contributed by atoms with Gasteiger partial charge in [0.05, 0.1) is 12.2 Å². The van der Waals surface area contributed by atoms with Crippen molar-refractivity contribution in [3.8, 4) is 0 Å². The third kappa shape index (κ3) is 2.41. The molecule has 2 aliphatic heterocycles. The lowest BCUT2D eigenvalue weighted by Crippen LogP contribution is -2.60. The highest BCUT2D eigenvalue weighted by atomic mass is 16.2. The third-order valence-electron chi connectivity index (χ3n) is 4.65. The van der Waals surface area contributed by atoms with E-state index in [1.165, 1.54) is 0 Å². The Balaban J connectivity index is 1.82. The first kappa shape index (κ1) is 14.0. The van der Waals surface area contributed by atoms with Crippen molar-refractivity contribution in [3.05, 3.63) is 30.1 Å². The largest absolute Gasteiger partial charge is 0.335 e. The van der Waals surface area contributed by atoms with Crippen LogP contribution in [0.25, 0.3) is 0 Å². The molecule has 21 heavy (non-hydrogen) atoms. The second-order valence-corrected chi connectivity index (χ2v) is 5.96. The van der Waals surface area contributed by atoms with Crippen molar-refractivity contribution in [3.63, 3.8) is 0 Å². The number of aromatic nitrogens is 1. The molecule has 0 radical (unpaired) electrons. The Hall–Kier alpha value is -1.91. The van der Waals surface area contributed by atoms with E-state index in [-0.39, 0.29) is 11.8 Å². The Kier molecular flexibility index (Phi) is 3.66. The number of hydrogen-bond acceptors (Lipinski definition) is 3. The van der Waals surface area contributed by atoms with E-state index in [0.29, 0.717) is 13.1 Å². The van der Waals surface area contributed by atoms with Gasteiger partial charge in [-0.3, -0.25) is 14.6 Å². The average molecular weight is 287 g/mol. The number of rotatable bonds is 2. The Morgan fingerprint density at radius 2 is 2.05 bits per heavy atom. The summed E-state index contributed by atoms with van der Waals surface area (Å²) in [7, 11) is 0. The zero-order valence-corrected chi connectivity index (χ0v) is 12.4. The first-order valence-corrected chi connectivity index (χ1v) is 7.61. The van der Waals surface area contributed by atoms with Gasteiger partial charge in [0.1, 0.15) is 5.54 Å². The molecule has 1 unspecified atom stereocenters. The summed E-state index contributed by atoms with van der Waals surface area (Å²) in [4.78, 5) is 32.8. The van der Waals surface area contributed by atoms with E-state index in [1.54, 1.807) is 18.0 Å². The van der Waals surface area contributed by atoms with Gasteiger partial charge in [0, 0.05) is 26.2 Å². The molecule has 2 fully saturated rings. The molecule has 2 aliphatic rings. The molecule has 1 spiro atoms. The zero-order chi connectivity index (χ0) is 14.9. The minimum atomic E-state index is -0.584. The maximum atomic E-state index is 13.0. The molecule has 1 atom stereocenters. The van der Waals surface area contributed by atoms with E-state index < -0.39 is 5.54 Å². The summed E-state index contributed by atoms with van der Waals surface area (Å²) in [5.74, 6) is 0.118. The fraction of sp³-hybridized carbons (Fsp3) is 0.562. The topological polar surface area (TPSA) is 53.5 Å². The summed E-state index contributed by atoms with van der Waals surface area (Å²) < 4.78 is 0. The summed E-state index contributed by atoms with van der Waals surface area (Å²) in [5, 5.41) is 0. The quantitative estimate of drug-likeness (QED) is 0.830. The summed E-state index contributed by atoms with van der Waals surface area (Å²) in [6.45, 7) is 3.56. The molecule has 3 rings (SSSR count). The van der Waals surface area contributed by atoms with Gasteiger partial charge in [0.25, 0.3) is 0 Å². The molecule has 2 amide bonds. The van der Waals surface area contributed by atoms with Crippen LogP contribution in [0, 0.1) is 0 Å². The van der Waals surface area contributed by atoms with Crippen molar-refractivity contribution in [1.82, 2.24) is 14.8 Å². The Bertz CT molecular complexity index is 546. The predicted octanol–water partition coefficient (Wildman–Crippen LogP) is 1.59. The van der Waals surface area contributed by atoms with Gasteiger partial charge < -0.3 is 9.80 Å². The van der Waals surface area contributed by atoms with Gasteiger partial charge in [-0.1, -0.05) is 6.07 Å². The van der Waals surface area contributed by atoms with E-state index >= 15 is 0 Å². The first-order valence-electron chi connectivity index (χ1n) is 7.61. The van der Waals surface area contributed by atoms with Crippen molar-refractivity contribution >= 4 is 11.8 Å². The average Bonchev–Trinajstić information content (AvgIpc) is 2.90. The molecule has 0 bridgehead atoms. The monoisotopic (exact) mass is 287 g/mol. The maximum Gasteiger partial charge on any atom is 0.248 e. The van der Waals surface area contributed by atoms with Crippen molar-refractivity contribution in [2.75, 3.05) is 13.1 Å². The van der Waals surface area contributed by atoms with Crippen LogP contribution in [0.4, 0.5) is 0 Å². The predicted molar refractivity (Wildman–Crippen MR) is 78.2 cm³/mol. The van der Waals surface area contributed by atoms with Crippen LogP contribution in [0.15, 0.2) is 24.4 Å². The van der Waals surface area contributed by atoms with Crippen LogP contribution in [-0.4, -0.2) is 45.2 Å². The standard InChI is InChI=1S/C16H21N3O2/c1-13(20)19-11-5-8-16(19)7-4-10-18(15(16)21)12-14-6-2-3-9-17-14/h2-3,6,9H,4-5,7-8,10-12H2,1H3. The molecule has 1 aromatic heterocycles. The molecule has 0 saturated carbocycles. The van der Waals surface area contributed by atoms with Gasteiger partial charge >= 0.3 is 0 Å². The highest BCUT2D eigenvalue weighted by Gasteiger charge is 2.51. The Morgan fingerprint density at radius 3 is 2.71 bits per heavy atom. The van der Waals surface area contributed by atoms with Crippen molar-refractivity contribution in [2.24, 2.45) is 0 Å². The van der Waals surface area contributed by atoms with E-state index in [4.69, 9.17) is 0 Å². The fourth-order valence-corrected chi connectivity index (χ4v) is 3.72. The van der Waals surface area contributed by atoms with Gasteiger partial charge in [0.2, 0.25) is 11.8 Å². The van der Waals surface area contributed by atoms with E-state index in [2.05, 4.69) is 4.98 Å². The minimum absolute atomic E-state index is 0.0144. The highest BCUT2D eigenvalue weighted by molar-refractivity contribution is 5.92. The molecule has 3 heterocycles. The van der Waals surface area contributed by atoms with Crippen LogP contribution < -0.4 is 0 Å². The highest BCUT2D eigenvalue weighted by Crippen LogP contribution is 2.38. The van der Waals surface area contributed by atoms with Crippen LogP contribution in [0.1, 0.15) is 38.3 Å². The molecule has 0 N–H and O–H groups in total. The normalized spacial score (nSPS) is 25.7. The number of amides is 2. The zero-order valence-electron chi connectivity index (χ0n) is 12.4. The molecular weight excluding hydrogens is 266 g/mol. The van der Waals surface area contributed by atoms with Crippen molar-refractivity contribution < 1.29 is 9.59 Å². The molecular formula is C16H21N3O2. The summed E-state index contributed by atoms with van der Waals surface area (Å²) in [6.07, 6.45) is 5.20. The van der Waals surface area contributed by atoms with Gasteiger partial charge in [-0.05, 0) is 37.8 Å². The summed E-state index contributed by atoms with van der Waals surface area (Å²) in [6, 6.07) is 5.74.